The summed E-state index contributed by atoms with van der Waals surface area (Å²) >= 11 is 6.14. The lowest BCUT2D eigenvalue weighted by molar-refractivity contribution is 0.102. The van der Waals surface area contributed by atoms with Crippen molar-refractivity contribution in [3.05, 3.63) is 101 Å². The van der Waals surface area contributed by atoms with Crippen molar-refractivity contribution in [2.24, 2.45) is 0 Å². The molecule has 3 aromatic carbocycles. The molecule has 0 fully saturated rings. The van der Waals surface area contributed by atoms with Gasteiger partial charge >= 0.3 is 0 Å². The standard InChI is InChI=1S/C25H21ClN4O/c1-16-5-3-6-18(13-16)23-11-12-24(30-29-23)27-20-8-4-7-19(14-20)25(31)28-21-10-9-17(2)22(26)15-21/h3-15H,1-2H3,(H,27,30)(H,28,31). The van der Waals surface area contributed by atoms with Crippen molar-refractivity contribution in [3.63, 3.8) is 0 Å². The number of halogens is 1. The molecule has 0 spiro atoms. The monoisotopic (exact) mass is 428 g/mol. The number of anilines is 3. The van der Waals surface area contributed by atoms with Gasteiger partial charge in [0.2, 0.25) is 0 Å². The lowest BCUT2D eigenvalue weighted by Gasteiger charge is -2.10. The minimum absolute atomic E-state index is 0.218. The predicted molar refractivity (Wildman–Crippen MR) is 126 cm³/mol. The van der Waals surface area contributed by atoms with Crippen LogP contribution in [-0.2, 0) is 0 Å². The fraction of sp³-hybridized carbons (Fsp3) is 0.0800. The van der Waals surface area contributed by atoms with Crippen molar-refractivity contribution in [2.75, 3.05) is 10.6 Å². The molecule has 0 saturated heterocycles. The van der Waals surface area contributed by atoms with E-state index in [2.05, 4.69) is 26.9 Å². The van der Waals surface area contributed by atoms with Crippen LogP contribution in [0.3, 0.4) is 0 Å². The fourth-order valence-corrected chi connectivity index (χ4v) is 3.30. The smallest absolute Gasteiger partial charge is 0.255 e. The third-order valence-corrected chi connectivity index (χ3v) is 5.21. The summed E-state index contributed by atoms with van der Waals surface area (Å²) in [5, 5.41) is 15.2. The van der Waals surface area contributed by atoms with E-state index in [1.807, 2.05) is 68.4 Å². The number of aromatic nitrogens is 2. The van der Waals surface area contributed by atoms with Crippen LogP contribution < -0.4 is 10.6 Å². The van der Waals surface area contributed by atoms with Crippen molar-refractivity contribution in [1.29, 1.82) is 0 Å². The van der Waals surface area contributed by atoms with E-state index in [1.54, 1.807) is 18.2 Å². The van der Waals surface area contributed by atoms with Gasteiger partial charge in [-0.3, -0.25) is 4.79 Å². The summed E-state index contributed by atoms with van der Waals surface area (Å²) in [6.07, 6.45) is 0. The highest BCUT2D eigenvalue weighted by Gasteiger charge is 2.09. The lowest BCUT2D eigenvalue weighted by Crippen LogP contribution is -2.12. The predicted octanol–water partition coefficient (Wildman–Crippen LogP) is 6.41. The van der Waals surface area contributed by atoms with Crippen LogP contribution in [0.2, 0.25) is 5.02 Å². The first-order chi connectivity index (χ1) is 15.0. The lowest BCUT2D eigenvalue weighted by atomic mass is 10.1. The zero-order valence-electron chi connectivity index (χ0n) is 17.2. The zero-order chi connectivity index (χ0) is 21.8. The number of aryl methyl sites for hydroxylation is 2. The Morgan fingerprint density at radius 2 is 1.68 bits per heavy atom. The Bertz CT molecular complexity index is 1240. The van der Waals surface area contributed by atoms with Gasteiger partial charge in [0.05, 0.1) is 5.69 Å². The molecule has 0 bridgehead atoms. The number of carbonyl (C=O) groups is 1. The maximum atomic E-state index is 12.6. The van der Waals surface area contributed by atoms with Gasteiger partial charge in [0, 0.05) is 27.5 Å². The van der Waals surface area contributed by atoms with Gasteiger partial charge in [-0.2, -0.15) is 0 Å². The van der Waals surface area contributed by atoms with E-state index >= 15 is 0 Å². The normalized spacial score (nSPS) is 10.5. The molecule has 1 aromatic heterocycles. The molecule has 0 unspecified atom stereocenters. The molecule has 154 valence electrons. The Labute approximate surface area is 186 Å². The minimum Gasteiger partial charge on any atom is -0.339 e. The molecule has 6 heteroatoms. The van der Waals surface area contributed by atoms with Crippen molar-refractivity contribution in [1.82, 2.24) is 10.2 Å². The van der Waals surface area contributed by atoms with E-state index in [9.17, 15) is 4.79 Å². The highest BCUT2D eigenvalue weighted by molar-refractivity contribution is 6.31. The third-order valence-electron chi connectivity index (χ3n) is 4.81. The number of carbonyl (C=O) groups excluding carboxylic acids is 1. The highest BCUT2D eigenvalue weighted by atomic mass is 35.5. The van der Waals surface area contributed by atoms with E-state index in [0.717, 1.165) is 22.5 Å². The van der Waals surface area contributed by atoms with E-state index in [4.69, 9.17) is 11.6 Å². The van der Waals surface area contributed by atoms with Crippen LogP contribution in [0.4, 0.5) is 17.2 Å². The zero-order valence-corrected chi connectivity index (χ0v) is 17.9. The molecular formula is C25H21ClN4O. The van der Waals surface area contributed by atoms with Gasteiger partial charge < -0.3 is 10.6 Å². The number of nitrogens with one attached hydrogen (secondary N) is 2. The summed E-state index contributed by atoms with van der Waals surface area (Å²) in [6.45, 7) is 3.96. The maximum absolute atomic E-state index is 12.6. The SMILES string of the molecule is Cc1cccc(-c2ccc(Nc3cccc(C(=O)Nc4ccc(C)c(Cl)c4)c3)nn2)c1. The molecule has 0 aliphatic carbocycles. The Morgan fingerprint density at radius 3 is 2.42 bits per heavy atom. The number of rotatable bonds is 5. The van der Waals surface area contributed by atoms with Gasteiger partial charge in [-0.25, -0.2) is 0 Å². The first-order valence-corrected chi connectivity index (χ1v) is 10.2. The second-order valence-corrected chi connectivity index (χ2v) is 7.70. The molecule has 0 aliphatic rings. The second-order valence-electron chi connectivity index (χ2n) is 7.30. The minimum atomic E-state index is -0.218. The summed E-state index contributed by atoms with van der Waals surface area (Å²) in [5.74, 6) is 0.378. The van der Waals surface area contributed by atoms with Crippen molar-refractivity contribution >= 4 is 34.7 Å². The van der Waals surface area contributed by atoms with E-state index in [-0.39, 0.29) is 5.91 Å². The number of hydrogen-bond acceptors (Lipinski definition) is 4. The summed E-state index contributed by atoms with van der Waals surface area (Å²) in [6, 6.07) is 24.5. The van der Waals surface area contributed by atoms with Gasteiger partial charge in [0.15, 0.2) is 5.82 Å². The van der Waals surface area contributed by atoms with Crippen LogP contribution in [0.15, 0.2) is 78.9 Å². The van der Waals surface area contributed by atoms with Gasteiger partial charge in [-0.05, 0) is 67.9 Å². The fourth-order valence-electron chi connectivity index (χ4n) is 3.12. The molecule has 2 N–H and O–H groups in total. The van der Waals surface area contributed by atoms with Crippen LogP contribution in [-0.4, -0.2) is 16.1 Å². The largest absolute Gasteiger partial charge is 0.339 e. The van der Waals surface area contributed by atoms with Crippen molar-refractivity contribution < 1.29 is 4.79 Å². The van der Waals surface area contributed by atoms with Crippen LogP contribution >= 0.6 is 11.6 Å². The quantitative estimate of drug-likeness (QED) is 0.385. The second kappa shape index (κ2) is 8.98. The summed E-state index contributed by atoms with van der Waals surface area (Å²) in [7, 11) is 0. The maximum Gasteiger partial charge on any atom is 0.255 e. The number of nitrogens with zero attached hydrogens (tertiary/aromatic N) is 2. The van der Waals surface area contributed by atoms with Gasteiger partial charge in [0.25, 0.3) is 5.91 Å². The molecule has 1 heterocycles. The van der Waals surface area contributed by atoms with Gasteiger partial charge in [-0.1, -0.05) is 47.5 Å². The first kappa shape index (κ1) is 20.6. The first-order valence-electron chi connectivity index (χ1n) is 9.83. The average molecular weight is 429 g/mol. The van der Waals surface area contributed by atoms with E-state index in [1.165, 1.54) is 5.56 Å². The Morgan fingerprint density at radius 1 is 0.839 bits per heavy atom. The van der Waals surface area contributed by atoms with Crippen LogP contribution in [0.5, 0.6) is 0 Å². The summed E-state index contributed by atoms with van der Waals surface area (Å²) < 4.78 is 0. The molecule has 4 rings (SSSR count). The topological polar surface area (TPSA) is 66.9 Å². The Kier molecular flexibility index (Phi) is 5.96. The third kappa shape index (κ3) is 5.08. The van der Waals surface area contributed by atoms with Gasteiger partial charge in [0.1, 0.15) is 0 Å². The van der Waals surface area contributed by atoms with Gasteiger partial charge in [-0.15, -0.1) is 10.2 Å². The molecule has 0 aliphatic heterocycles. The van der Waals surface area contributed by atoms with E-state index in [0.29, 0.717) is 22.1 Å². The molecule has 4 aromatic rings. The van der Waals surface area contributed by atoms with Crippen molar-refractivity contribution in [3.8, 4) is 11.3 Å². The van der Waals surface area contributed by atoms with Crippen molar-refractivity contribution in [2.45, 2.75) is 13.8 Å². The van der Waals surface area contributed by atoms with Crippen LogP contribution in [0, 0.1) is 13.8 Å². The number of benzene rings is 3. The molecule has 31 heavy (non-hydrogen) atoms. The molecule has 5 nitrogen and oxygen atoms in total. The Balaban J connectivity index is 1.46. The van der Waals surface area contributed by atoms with E-state index < -0.39 is 0 Å². The summed E-state index contributed by atoms with van der Waals surface area (Å²) in [5.41, 5.74) is 5.87. The molecule has 0 radical (unpaired) electrons. The number of hydrogen-bond donors (Lipinski definition) is 2. The Hall–Kier alpha value is -3.70. The summed E-state index contributed by atoms with van der Waals surface area (Å²) in [4.78, 5) is 12.6. The van der Waals surface area contributed by atoms with Crippen LogP contribution in [0.1, 0.15) is 21.5 Å². The molecule has 0 saturated carbocycles. The molecular weight excluding hydrogens is 408 g/mol. The molecule has 1 amide bonds. The average Bonchev–Trinajstić information content (AvgIpc) is 2.77. The highest BCUT2D eigenvalue weighted by Crippen LogP contribution is 2.22. The number of amides is 1. The van der Waals surface area contributed by atoms with Crippen LogP contribution in [0.25, 0.3) is 11.3 Å². The molecule has 0 atom stereocenters.